The number of aryl methyl sites for hydroxylation is 4. The molecule has 0 saturated heterocycles. The highest BCUT2D eigenvalue weighted by atomic mass is 31.2. The first-order valence-corrected chi connectivity index (χ1v) is 24.7. The van der Waals surface area contributed by atoms with Gasteiger partial charge in [-0.3, -0.25) is 18.3 Å². The molecule has 0 aromatic heterocycles. The van der Waals surface area contributed by atoms with Gasteiger partial charge in [0.05, 0.1) is 76.4 Å². The molecule has 0 saturated carbocycles. The normalized spacial score (nSPS) is 13.1. The highest BCUT2D eigenvalue weighted by Gasteiger charge is 2.30. The highest BCUT2D eigenvalue weighted by Crippen LogP contribution is 2.51. The number of rotatable bonds is 28. The maximum absolute atomic E-state index is 13.6. The number of hydrogen-bond donors (Lipinski definition) is 8. The molecule has 21 heteroatoms. The van der Waals surface area contributed by atoms with Crippen LogP contribution in [0.25, 0.3) is 0 Å². The van der Waals surface area contributed by atoms with Crippen molar-refractivity contribution in [2.45, 2.75) is 65.5 Å². The summed E-state index contributed by atoms with van der Waals surface area (Å²) in [4.78, 5) is 38.2. The number of nitrogens with one attached hydrogen (secondary N) is 1. The summed E-state index contributed by atoms with van der Waals surface area (Å²) >= 11 is 0. The average molecular weight is 848 g/mol. The summed E-state index contributed by atoms with van der Waals surface area (Å²) in [5, 5.41) is 32.8. The van der Waals surface area contributed by atoms with Gasteiger partial charge in [0.2, 0.25) is 0 Å². The molecule has 2 rings (SSSR count). The second-order valence-electron chi connectivity index (χ2n) is 12.6. The third-order valence-corrected chi connectivity index (χ3v) is 13.9. The molecule has 0 aliphatic heterocycles. The molecule has 0 aliphatic carbocycles. The summed E-state index contributed by atoms with van der Waals surface area (Å²) in [5.74, 6) is 0.409. The second kappa shape index (κ2) is 22.6. The van der Waals surface area contributed by atoms with Crippen molar-refractivity contribution in [1.82, 2.24) is 5.32 Å². The smallest absolute Gasteiger partial charge is 0.330 e. The lowest BCUT2D eigenvalue weighted by molar-refractivity contribution is 0.0413. The molecule has 0 atom stereocenters. The molecule has 17 nitrogen and oxygen atoms in total. The maximum Gasteiger partial charge on any atom is 0.330 e. The Morgan fingerprint density at radius 1 is 0.556 bits per heavy atom. The Kier molecular flexibility index (Phi) is 20.4. The minimum absolute atomic E-state index is 0.0233. The van der Waals surface area contributed by atoms with Crippen LogP contribution in [0.5, 0.6) is 11.5 Å². The van der Waals surface area contributed by atoms with Gasteiger partial charge in [-0.15, -0.1) is 0 Å². The summed E-state index contributed by atoms with van der Waals surface area (Å²) in [6.45, 7) is 5.46. The van der Waals surface area contributed by atoms with Gasteiger partial charge < -0.3 is 63.0 Å². The fourth-order valence-corrected chi connectivity index (χ4v) is 9.78. The van der Waals surface area contributed by atoms with E-state index in [2.05, 4.69) is 5.32 Å². The summed E-state index contributed by atoms with van der Waals surface area (Å²) in [6.07, 6.45) is -1.16. The lowest BCUT2D eigenvalue weighted by Crippen LogP contribution is -2.54. The molecule has 2 aromatic rings. The van der Waals surface area contributed by atoms with E-state index in [0.717, 1.165) is 0 Å². The predicted molar refractivity (Wildman–Crippen MR) is 204 cm³/mol. The Balaban J connectivity index is 2.85. The molecule has 0 bridgehead atoms. The fraction of sp³-hybridized carbons (Fsp3) is 0.636. The molecule has 0 radical (unpaired) electrons. The number of ether oxygens (including phenoxy) is 1. The van der Waals surface area contributed by atoms with Crippen LogP contribution in [0.3, 0.4) is 0 Å². The van der Waals surface area contributed by atoms with Gasteiger partial charge in [0.1, 0.15) is 11.5 Å². The van der Waals surface area contributed by atoms with Crippen LogP contribution < -0.4 is 10.1 Å². The van der Waals surface area contributed by atoms with Crippen LogP contribution in [-0.2, 0) is 68.6 Å². The van der Waals surface area contributed by atoms with E-state index in [9.17, 15) is 53.2 Å². The van der Waals surface area contributed by atoms with Crippen molar-refractivity contribution < 1.29 is 76.0 Å². The molecule has 0 fully saturated rings. The van der Waals surface area contributed by atoms with E-state index in [1.165, 1.54) is 0 Å². The molecule has 54 heavy (non-hydrogen) atoms. The summed E-state index contributed by atoms with van der Waals surface area (Å²) in [6, 6.07) is 8.14. The molecule has 0 unspecified atom stereocenters. The molecular formula is C33H57NO16P4. The first-order valence-electron chi connectivity index (χ1n) is 17.7. The van der Waals surface area contributed by atoms with E-state index in [4.69, 9.17) is 22.8 Å². The van der Waals surface area contributed by atoms with Crippen molar-refractivity contribution in [3.63, 3.8) is 0 Å². The molecule has 0 heterocycles. The molecular weight excluding hydrogens is 790 g/mol. The second-order valence-corrected chi connectivity index (χ2v) is 20.5. The van der Waals surface area contributed by atoms with Crippen molar-refractivity contribution in [3.8, 4) is 11.5 Å². The lowest BCUT2D eigenvalue weighted by atomic mass is 9.98. The monoisotopic (exact) mass is 847 g/mol. The van der Waals surface area contributed by atoms with E-state index in [-0.39, 0.29) is 82.5 Å². The summed E-state index contributed by atoms with van der Waals surface area (Å²) in [7, 11) is -16.0. The van der Waals surface area contributed by atoms with Crippen LogP contribution in [0.1, 0.15) is 55.5 Å². The van der Waals surface area contributed by atoms with Gasteiger partial charge >= 0.3 is 30.4 Å². The highest BCUT2D eigenvalue weighted by molar-refractivity contribution is 7.54. The van der Waals surface area contributed by atoms with Crippen molar-refractivity contribution in [1.29, 1.82) is 0 Å². The Morgan fingerprint density at radius 2 is 0.944 bits per heavy atom. The van der Waals surface area contributed by atoms with Gasteiger partial charge in [-0.25, -0.2) is 0 Å². The maximum atomic E-state index is 13.6. The number of benzene rings is 2. The Hall–Kier alpha value is -1.32. The van der Waals surface area contributed by atoms with E-state index in [1.54, 1.807) is 58.0 Å². The zero-order valence-electron chi connectivity index (χ0n) is 31.3. The Bertz CT molecular complexity index is 1530. The summed E-state index contributed by atoms with van der Waals surface area (Å²) < 4.78 is 79.4. The zero-order valence-corrected chi connectivity index (χ0v) is 34.9. The number of aliphatic hydroxyl groups excluding tert-OH is 3. The van der Waals surface area contributed by atoms with Crippen LogP contribution in [0.4, 0.5) is 0 Å². The van der Waals surface area contributed by atoms with Crippen molar-refractivity contribution in [3.05, 3.63) is 58.1 Å². The van der Waals surface area contributed by atoms with Crippen molar-refractivity contribution in [2.75, 3.05) is 70.9 Å². The zero-order chi connectivity index (χ0) is 40.6. The fourth-order valence-electron chi connectivity index (χ4n) is 5.42. The minimum atomic E-state index is -4.41. The largest absolute Gasteiger partial charge is 0.457 e. The topological polar surface area (TPSA) is 268 Å². The van der Waals surface area contributed by atoms with Crippen LogP contribution in [0.15, 0.2) is 30.3 Å². The molecule has 310 valence electrons. The van der Waals surface area contributed by atoms with Gasteiger partial charge in [0.25, 0.3) is 0 Å². The SMILES string of the molecule is CCOP(=O)(CCc1cc(CNC(CO)(CO)CO)cc(CCP(=O)(OCC)OCC)c1Oc1cc(CCP(=O)(O)O)cc(CCP(=O)(O)O)c1)OCC. The van der Waals surface area contributed by atoms with Gasteiger partial charge in [-0.1, -0.05) is 18.2 Å². The Labute approximate surface area is 317 Å². The van der Waals surface area contributed by atoms with Crippen molar-refractivity contribution in [2.24, 2.45) is 0 Å². The van der Waals surface area contributed by atoms with Gasteiger partial charge in [-0.2, -0.15) is 0 Å². The number of hydrogen-bond acceptors (Lipinski definition) is 13. The first-order chi connectivity index (χ1) is 25.3. The number of aliphatic hydroxyl groups is 3. The van der Waals surface area contributed by atoms with Gasteiger partial charge in [0.15, 0.2) is 0 Å². The van der Waals surface area contributed by atoms with E-state index in [1.807, 2.05) is 0 Å². The molecule has 8 N–H and O–H groups in total. The van der Waals surface area contributed by atoms with Gasteiger partial charge in [0, 0.05) is 6.54 Å². The first kappa shape index (κ1) is 48.8. The van der Waals surface area contributed by atoms with Crippen LogP contribution in [0.2, 0.25) is 0 Å². The van der Waals surface area contributed by atoms with Gasteiger partial charge in [-0.05, 0) is 93.3 Å². The molecule has 0 amide bonds. The van der Waals surface area contributed by atoms with E-state index in [0.29, 0.717) is 27.8 Å². The summed E-state index contributed by atoms with van der Waals surface area (Å²) in [5.41, 5.74) is 0.978. The lowest BCUT2D eigenvalue weighted by Gasteiger charge is -2.29. The Morgan fingerprint density at radius 3 is 1.28 bits per heavy atom. The molecule has 0 aliphatic rings. The van der Waals surface area contributed by atoms with Crippen molar-refractivity contribution >= 4 is 30.4 Å². The standard InChI is InChI=1S/C33H57NO16P4/c1-5-46-53(44,47-6-2)15-11-29-18-28(22-34-33(23-35,24-36)25-37)19-30(12-16-54(45,48-7-3)49-8-4)32(29)50-31-20-26(9-13-51(38,39)40)17-27(21-31)10-14-52(41,42)43/h17-21,34-37H,5-16,22-25H2,1-4H3,(H2,38,39,40)(H2,41,42,43). The van der Waals surface area contributed by atoms with Crippen LogP contribution >= 0.6 is 30.4 Å². The van der Waals surface area contributed by atoms with E-state index >= 15 is 0 Å². The average Bonchev–Trinajstić information content (AvgIpc) is 3.09. The van der Waals surface area contributed by atoms with Crippen LogP contribution in [-0.4, -0.2) is 111 Å². The quantitative estimate of drug-likeness (QED) is 0.0554. The molecule has 2 aromatic carbocycles. The minimum Gasteiger partial charge on any atom is -0.457 e. The predicted octanol–water partition coefficient (Wildman–Crippen LogP) is 4.34. The third kappa shape index (κ3) is 17.0. The van der Waals surface area contributed by atoms with Crippen LogP contribution in [0, 0.1) is 0 Å². The molecule has 0 spiro atoms. The third-order valence-electron chi connectivity index (χ3n) is 8.12. The van der Waals surface area contributed by atoms with E-state index < -0.39 is 68.1 Å².